The van der Waals surface area contributed by atoms with Crippen molar-refractivity contribution in [3.63, 3.8) is 0 Å². The van der Waals surface area contributed by atoms with Crippen LogP contribution in [0.1, 0.15) is 13.8 Å². The molecule has 2 nitrogen and oxygen atoms in total. The molecule has 0 bridgehead atoms. The second kappa shape index (κ2) is 8.24. The van der Waals surface area contributed by atoms with E-state index in [4.69, 9.17) is 0 Å². The number of carbonyl (C=O) groups excluding carboxylic acids is 1. The van der Waals surface area contributed by atoms with Crippen molar-refractivity contribution >= 4 is 29.3 Å². The fraction of sp³-hybridized carbons (Fsp3) is 0.700. The summed E-state index contributed by atoms with van der Waals surface area (Å²) in [6.45, 7) is 4.16. The molecule has 0 amide bonds. The van der Waals surface area contributed by atoms with Crippen molar-refractivity contribution in [3.05, 3.63) is 12.3 Å². The van der Waals surface area contributed by atoms with Crippen LogP contribution in [0.2, 0.25) is 0 Å². The molecule has 0 atom stereocenters. The van der Waals surface area contributed by atoms with Crippen LogP contribution in [0.15, 0.2) is 12.3 Å². The molecule has 0 aromatic heterocycles. The molecule has 0 spiro atoms. The maximum atomic E-state index is 11.7. The van der Waals surface area contributed by atoms with Crippen molar-refractivity contribution in [1.82, 2.24) is 4.90 Å². The lowest BCUT2D eigenvalue weighted by atomic mass is 10.4. The van der Waals surface area contributed by atoms with Crippen molar-refractivity contribution in [2.24, 2.45) is 0 Å². The lowest BCUT2D eigenvalue weighted by molar-refractivity contribution is -0.112. The summed E-state index contributed by atoms with van der Waals surface area (Å²) in [7, 11) is 3.83. The summed E-state index contributed by atoms with van der Waals surface area (Å²) in [6.07, 6.45) is 3.47. The van der Waals surface area contributed by atoms with E-state index in [-0.39, 0.29) is 10.4 Å². The molecular formula is C10H19NOS2. The first-order chi connectivity index (χ1) is 6.61. The predicted molar refractivity (Wildman–Crippen MR) is 67.9 cm³/mol. The lowest BCUT2D eigenvalue weighted by Crippen LogP contribution is -2.13. The summed E-state index contributed by atoms with van der Waals surface area (Å²) in [5, 5.41) is 0. The molecule has 0 radical (unpaired) electrons. The summed E-state index contributed by atoms with van der Waals surface area (Å²) in [5.41, 5.74) is 0. The van der Waals surface area contributed by atoms with Gasteiger partial charge in [-0.1, -0.05) is 13.8 Å². The maximum absolute atomic E-state index is 11.7. The van der Waals surface area contributed by atoms with E-state index in [9.17, 15) is 4.79 Å². The standard InChI is InChI=1S/C10H19NOS2/c1-5-13-10(14-6-2)9(12)7-8-11(3)4/h7-8,10H,5-6H2,1-4H3/b8-7+. The second-order valence-electron chi connectivity index (χ2n) is 2.92. The molecule has 0 aliphatic rings. The van der Waals surface area contributed by atoms with Gasteiger partial charge in [0.25, 0.3) is 0 Å². The van der Waals surface area contributed by atoms with Gasteiger partial charge in [0, 0.05) is 20.3 Å². The van der Waals surface area contributed by atoms with Gasteiger partial charge in [0.15, 0.2) is 5.78 Å². The Morgan fingerprint density at radius 2 is 1.79 bits per heavy atom. The second-order valence-corrected chi connectivity index (χ2v) is 5.99. The third kappa shape index (κ3) is 6.38. The van der Waals surface area contributed by atoms with Gasteiger partial charge < -0.3 is 4.90 Å². The molecule has 0 rings (SSSR count). The van der Waals surface area contributed by atoms with E-state index in [1.54, 1.807) is 29.6 Å². The number of hydrogen-bond donors (Lipinski definition) is 0. The highest BCUT2D eigenvalue weighted by Crippen LogP contribution is 2.24. The Labute approximate surface area is 95.5 Å². The molecule has 0 unspecified atom stereocenters. The highest BCUT2D eigenvalue weighted by molar-refractivity contribution is 8.18. The van der Waals surface area contributed by atoms with Gasteiger partial charge in [-0.05, 0) is 17.6 Å². The molecule has 0 saturated carbocycles. The van der Waals surface area contributed by atoms with E-state index in [1.165, 1.54) is 0 Å². The van der Waals surface area contributed by atoms with Gasteiger partial charge in [0.2, 0.25) is 0 Å². The first-order valence-corrected chi connectivity index (χ1v) is 6.83. The average Bonchev–Trinajstić information content (AvgIpc) is 2.14. The first kappa shape index (κ1) is 13.9. The van der Waals surface area contributed by atoms with Gasteiger partial charge in [-0.3, -0.25) is 4.79 Å². The fourth-order valence-electron chi connectivity index (χ4n) is 0.816. The molecule has 0 aromatic carbocycles. The van der Waals surface area contributed by atoms with Gasteiger partial charge in [-0.2, -0.15) is 0 Å². The van der Waals surface area contributed by atoms with Crippen LogP contribution in [0.3, 0.4) is 0 Å². The van der Waals surface area contributed by atoms with Gasteiger partial charge >= 0.3 is 0 Å². The van der Waals surface area contributed by atoms with E-state index in [1.807, 2.05) is 25.2 Å². The molecule has 0 fully saturated rings. The minimum Gasteiger partial charge on any atom is -0.383 e. The van der Waals surface area contributed by atoms with Gasteiger partial charge in [0.1, 0.15) is 4.58 Å². The molecule has 0 saturated heterocycles. The summed E-state index contributed by atoms with van der Waals surface area (Å²) in [6, 6.07) is 0. The van der Waals surface area contributed by atoms with Crippen molar-refractivity contribution in [3.8, 4) is 0 Å². The zero-order valence-electron chi connectivity index (χ0n) is 9.32. The van der Waals surface area contributed by atoms with E-state index in [0.29, 0.717) is 0 Å². The zero-order valence-corrected chi connectivity index (χ0v) is 11.0. The maximum Gasteiger partial charge on any atom is 0.180 e. The SMILES string of the molecule is CCSC(SCC)C(=O)/C=C/N(C)C. The summed E-state index contributed by atoms with van der Waals surface area (Å²) in [5.74, 6) is 2.18. The molecule has 4 heteroatoms. The zero-order chi connectivity index (χ0) is 11.0. The van der Waals surface area contributed by atoms with Crippen LogP contribution in [-0.4, -0.2) is 40.9 Å². The van der Waals surface area contributed by atoms with Crippen LogP contribution in [-0.2, 0) is 4.79 Å². The van der Waals surface area contributed by atoms with Crippen LogP contribution < -0.4 is 0 Å². The van der Waals surface area contributed by atoms with E-state index < -0.39 is 0 Å². The van der Waals surface area contributed by atoms with E-state index in [2.05, 4.69) is 13.8 Å². The summed E-state index contributed by atoms with van der Waals surface area (Å²) < 4.78 is 0.0706. The van der Waals surface area contributed by atoms with Gasteiger partial charge in [0.05, 0.1) is 0 Å². The van der Waals surface area contributed by atoms with Gasteiger partial charge in [-0.15, -0.1) is 23.5 Å². The number of hydrogen-bond acceptors (Lipinski definition) is 4. The number of allylic oxidation sites excluding steroid dienone is 1. The van der Waals surface area contributed by atoms with Gasteiger partial charge in [-0.25, -0.2) is 0 Å². The Bertz CT molecular complexity index is 187. The third-order valence-corrected chi connectivity index (χ3v) is 3.96. The Morgan fingerprint density at radius 1 is 1.29 bits per heavy atom. The van der Waals surface area contributed by atoms with E-state index >= 15 is 0 Å². The lowest BCUT2D eigenvalue weighted by Gasteiger charge is -2.11. The molecule has 0 aromatic rings. The fourth-order valence-corrected chi connectivity index (χ4v) is 3.11. The highest BCUT2D eigenvalue weighted by Gasteiger charge is 2.14. The van der Waals surface area contributed by atoms with Crippen LogP contribution in [0.5, 0.6) is 0 Å². The van der Waals surface area contributed by atoms with E-state index in [0.717, 1.165) is 11.5 Å². The van der Waals surface area contributed by atoms with Crippen molar-refractivity contribution in [1.29, 1.82) is 0 Å². The topological polar surface area (TPSA) is 20.3 Å². The summed E-state index contributed by atoms with van der Waals surface area (Å²) in [4.78, 5) is 13.5. The van der Waals surface area contributed by atoms with Crippen molar-refractivity contribution < 1.29 is 4.79 Å². The smallest absolute Gasteiger partial charge is 0.180 e. The summed E-state index contributed by atoms with van der Waals surface area (Å²) >= 11 is 3.41. The van der Waals surface area contributed by atoms with Crippen LogP contribution in [0, 0.1) is 0 Å². The number of thioether (sulfide) groups is 2. The average molecular weight is 233 g/mol. The number of nitrogens with zero attached hydrogens (tertiary/aromatic N) is 1. The molecule has 14 heavy (non-hydrogen) atoms. The molecular weight excluding hydrogens is 214 g/mol. The Kier molecular flexibility index (Phi) is 8.18. The minimum absolute atomic E-state index is 0.0706. The molecule has 82 valence electrons. The highest BCUT2D eigenvalue weighted by atomic mass is 32.2. The van der Waals surface area contributed by atoms with Crippen molar-refractivity contribution in [2.45, 2.75) is 18.4 Å². The predicted octanol–water partition coefficient (Wildman–Crippen LogP) is 2.46. The quantitative estimate of drug-likeness (QED) is 0.497. The minimum atomic E-state index is 0.0706. The van der Waals surface area contributed by atoms with Crippen LogP contribution in [0.4, 0.5) is 0 Å². The van der Waals surface area contributed by atoms with Crippen LogP contribution in [0.25, 0.3) is 0 Å². The normalized spacial score (nSPS) is 11.2. The first-order valence-electron chi connectivity index (χ1n) is 4.73. The Hall–Kier alpha value is -0.0900. The Morgan fingerprint density at radius 3 is 2.14 bits per heavy atom. The molecule has 0 aliphatic heterocycles. The monoisotopic (exact) mass is 233 g/mol. The molecule has 0 N–H and O–H groups in total. The number of rotatable bonds is 7. The van der Waals surface area contributed by atoms with Crippen LogP contribution >= 0.6 is 23.5 Å². The largest absolute Gasteiger partial charge is 0.383 e. The molecule has 0 heterocycles. The Balaban J connectivity index is 4.13. The molecule has 0 aliphatic carbocycles. The number of carbonyl (C=O) groups is 1. The van der Waals surface area contributed by atoms with Crippen molar-refractivity contribution in [2.75, 3.05) is 25.6 Å². The number of ketones is 1. The third-order valence-electron chi connectivity index (χ3n) is 1.41.